The van der Waals surface area contributed by atoms with E-state index in [-0.39, 0.29) is 24.0 Å². The van der Waals surface area contributed by atoms with Crippen LogP contribution in [0.1, 0.15) is 28.8 Å². The van der Waals surface area contributed by atoms with Crippen LogP contribution in [0.5, 0.6) is 0 Å². The van der Waals surface area contributed by atoms with Crippen LogP contribution >= 0.6 is 0 Å². The van der Waals surface area contributed by atoms with E-state index in [0.717, 1.165) is 12.0 Å². The number of likely N-dealkylation sites (tertiary alicyclic amines) is 1. The fourth-order valence-corrected chi connectivity index (χ4v) is 4.04. The van der Waals surface area contributed by atoms with E-state index in [0.29, 0.717) is 25.1 Å². The van der Waals surface area contributed by atoms with Crippen LogP contribution < -0.4 is 0 Å². The highest BCUT2D eigenvalue weighted by Crippen LogP contribution is 2.35. The van der Waals surface area contributed by atoms with Gasteiger partial charge >= 0.3 is 0 Å². The third-order valence-corrected chi connectivity index (χ3v) is 5.35. The summed E-state index contributed by atoms with van der Waals surface area (Å²) in [5.41, 5.74) is 1.63. The second-order valence-electron chi connectivity index (χ2n) is 7.37. The molecule has 3 atom stereocenters. The first-order valence-electron chi connectivity index (χ1n) is 9.26. The standard InChI is InChI=1S/C20H24N4O3/c1-22(2)20(26)17-10-18-16(8-9-27-18)24(17)19(25)15-11-21-23(13-15)12-14-6-4-3-5-7-14/h3-7,11,13,16-18H,8-10,12H2,1-2H3/t16-,17?,18-/m0/s1. The van der Waals surface area contributed by atoms with Gasteiger partial charge in [0.05, 0.1) is 30.5 Å². The van der Waals surface area contributed by atoms with Crippen molar-refractivity contribution in [1.82, 2.24) is 19.6 Å². The van der Waals surface area contributed by atoms with Gasteiger partial charge in [0.25, 0.3) is 5.91 Å². The number of hydrogen-bond donors (Lipinski definition) is 0. The van der Waals surface area contributed by atoms with Crippen LogP contribution in [0.15, 0.2) is 42.7 Å². The summed E-state index contributed by atoms with van der Waals surface area (Å²) in [5.74, 6) is -0.203. The lowest BCUT2D eigenvalue weighted by molar-refractivity contribution is -0.133. The molecule has 27 heavy (non-hydrogen) atoms. The molecule has 0 bridgehead atoms. The van der Waals surface area contributed by atoms with Crippen LogP contribution in [0.2, 0.25) is 0 Å². The number of hydrogen-bond acceptors (Lipinski definition) is 4. The van der Waals surface area contributed by atoms with E-state index in [1.807, 2.05) is 30.3 Å². The van der Waals surface area contributed by atoms with Gasteiger partial charge in [-0.2, -0.15) is 5.10 Å². The Morgan fingerprint density at radius 3 is 2.78 bits per heavy atom. The number of carbonyl (C=O) groups excluding carboxylic acids is 2. The average molecular weight is 368 g/mol. The van der Waals surface area contributed by atoms with E-state index < -0.39 is 6.04 Å². The van der Waals surface area contributed by atoms with Gasteiger partial charge in [0, 0.05) is 33.3 Å². The van der Waals surface area contributed by atoms with Crippen molar-refractivity contribution >= 4 is 11.8 Å². The summed E-state index contributed by atoms with van der Waals surface area (Å²) in [4.78, 5) is 29.1. The molecule has 142 valence electrons. The molecule has 4 rings (SSSR count). The quantitative estimate of drug-likeness (QED) is 0.818. The summed E-state index contributed by atoms with van der Waals surface area (Å²) in [6, 6.07) is 9.46. The van der Waals surface area contributed by atoms with Crippen LogP contribution in [0.25, 0.3) is 0 Å². The van der Waals surface area contributed by atoms with Gasteiger partial charge in [-0.1, -0.05) is 30.3 Å². The van der Waals surface area contributed by atoms with Gasteiger partial charge < -0.3 is 14.5 Å². The Bertz CT molecular complexity index is 833. The Hall–Kier alpha value is -2.67. The molecular formula is C20H24N4O3. The van der Waals surface area contributed by atoms with Crippen LogP contribution in [-0.4, -0.2) is 70.3 Å². The van der Waals surface area contributed by atoms with Crippen molar-refractivity contribution in [2.24, 2.45) is 0 Å². The van der Waals surface area contributed by atoms with E-state index in [4.69, 9.17) is 4.74 Å². The molecule has 2 aromatic rings. The van der Waals surface area contributed by atoms with Crippen molar-refractivity contribution in [1.29, 1.82) is 0 Å². The third-order valence-electron chi connectivity index (χ3n) is 5.35. The summed E-state index contributed by atoms with van der Waals surface area (Å²) < 4.78 is 7.51. The van der Waals surface area contributed by atoms with Crippen molar-refractivity contribution in [3.63, 3.8) is 0 Å². The molecule has 7 heteroatoms. The summed E-state index contributed by atoms with van der Waals surface area (Å²) in [7, 11) is 3.44. The van der Waals surface area contributed by atoms with Crippen molar-refractivity contribution in [3.05, 3.63) is 53.9 Å². The third kappa shape index (κ3) is 3.35. The number of nitrogens with zero attached hydrogens (tertiary/aromatic N) is 4. The molecule has 2 amide bonds. The Balaban J connectivity index is 1.56. The maximum Gasteiger partial charge on any atom is 0.258 e. The Labute approximate surface area is 158 Å². The second kappa shape index (κ2) is 7.15. The predicted molar refractivity (Wildman–Crippen MR) is 99.2 cm³/mol. The van der Waals surface area contributed by atoms with Crippen LogP contribution in [0.3, 0.4) is 0 Å². The minimum Gasteiger partial charge on any atom is -0.376 e. The molecule has 0 spiro atoms. The number of fused-ring (bicyclic) bond motifs is 1. The lowest BCUT2D eigenvalue weighted by Crippen LogP contribution is -2.48. The molecule has 7 nitrogen and oxygen atoms in total. The van der Waals surface area contributed by atoms with Gasteiger partial charge in [-0.05, 0) is 12.0 Å². The highest BCUT2D eigenvalue weighted by Gasteiger charge is 2.50. The Kier molecular flexibility index (Phi) is 4.70. The number of rotatable bonds is 4. The fraction of sp³-hybridized carbons (Fsp3) is 0.450. The van der Waals surface area contributed by atoms with Gasteiger partial charge in [0.1, 0.15) is 6.04 Å². The molecule has 0 saturated carbocycles. The lowest BCUT2D eigenvalue weighted by Gasteiger charge is -2.29. The van der Waals surface area contributed by atoms with Gasteiger partial charge in [0.2, 0.25) is 5.91 Å². The maximum atomic E-state index is 13.2. The summed E-state index contributed by atoms with van der Waals surface area (Å²) >= 11 is 0. The monoisotopic (exact) mass is 368 g/mol. The van der Waals surface area contributed by atoms with E-state index >= 15 is 0 Å². The van der Waals surface area contributed by atoms with E-state index in [1.165, 1.54) is 0 Å². The number of aromatic nitrogens is 2. The largest absolute Gasteiger partial charge is 0.376 e. The summed E-state index contributed by atoms with van der Waals surface area (Å²) in [5, 5.41) is 4.34. The lowest BCUT2D eigenvalue weighted by atomic mass is 10.1. The zero-order chi connectivity index (χ0) is 19.0. The fourth-order valence-electron chi connectivity index (χ4n) is 4.04. The molecule has 1 aromatic carbocycles. The highest BCUT2D eigenvalue weighted by molar-refractivity contribution is 5.98. The minimum absolute atomic E-state index is 0.0381. The SMILES string of the molecule is CN(C)C(=O)C1C[C@@H]2OCC[C@@H]2N1C(=O)c1cnn(Cc2ccccc2)c1. The molecule has 2 aliphatic heterocycles. The molecule has 0 N–H and O–H groups in total. The van der Waals surface area contributed by atoms with Gasteiger partial charge in [-0.3, -0.25) is 14.3 Å². The molecule has 3 heterocycles. The molecule has 2 saturated heterocycles. The average Bonchev–Trinajstić information content (AvgIpc) is 3.36. The normalized spacial score (nSPS) is 24.1. The number of benzene rings is 1. The highest BCUT2D eigenvalue weighted by atomic mass is 16.5. The van der Waals surface area contributed by atoms with Gasteiger partial charge in [-0.25, -0.2) is 0 Å². The van der Waals surface area contributed by atoms with E-state index in [9.17, 15) is 9.59 Å². The summed E-state index contributed by atoms with van der Waals surface area (Å²) in [6.45, 7) is 1.23. The first kappa shape index (κ1) is 17.7. The molecule has 2 aliphatic rings. The first-order valence-corrected chi connectivity index (χ1v) is 9.26. The second-order valence-corrected chi connectivity index (χ2v) is 7.37. The molecule has 0 radical (unpaired) electrons. The Morgan fingerprint density at radius 1 is 1.26 bits per heavy atom. The topological polar surface area (TPSA) is 67.7 Å². The minimum atomic E-state index is -0.472. The molecule has 0 aliphatic carbocycles. The van der Waals surface area contributed by atoms with Crippen molar-refractivity contribution in [2.75, 3.05) is 20.7 Å². The zero-order valence-electron chi connectivity index (χ0n) is 15.6. The predicted octanol–water partition coefficient (Wildman–Crippen LogP) is 1.39. The van der Waals surface area contributed by atoms with Crippen LogP contribution in [0.4, 0.5) is 0 Å². The van der Waals surface area contributed by atoms with E-state index in [2.05, 4.69) is 5.10 Å². The first-order chi connectivity index (χ1) is 13.0. The zero-order valence-corrected chi connectivity index (χ0v) is 15.6. The van der Waals surface area contributed by atoms with Gasteiger partial charge in [0.15, 0.2) is 0 Å². The molecule has 1 aromatic heterocycles. The number of amides is 2. The van der Waals surface area contributed by atoms with E-state index in [1.54, 1.807) is 41.0 Å². The van der Waals surface area contributed by atoms with Crippen LogP contribution in [0, 0.1) is 0 Å². The van der Waals surface area contributed by atoms with Crippen LogP contribution in [-0.2, 0) is 16.1 Å². The number of carbonyl (C=O) groups is 2. The Morgan fingerprint density at radius 2 is 2.04 bits per heavy atom. The van der Waals surface area contributed by atoms with Crippen molar-refractivity contribution in [3.8, 4) is 0 Å². The molecule has 2 fully saturated rings. The van der Waals surface area contributed by atoms with Crippen molar-refractivity contribution < 1.29 is 14.3 Å². The summed E-state index contributed by atoms with van der Waals surface area (Å²) in [6.07, 6.45) is 4.63. The smallest absolute Gasteiger partial charge is 0.258 e. The maximum absolute atomic E-state index is 13.2. The van der Waals surface area contributed by atoms with Gasteiger partial charge in [-0.15, -0.1) is 0 Å². The number of likely N-dealkylation sites (N-methyl/N-ethyl adjacent to an activating group) is 1. The molecule has 1 unspecified atom stereocenters. The number of ether oxygens (including phenoxy) is 1. The molecular weight excluding hydrogens is 344 g/mol. The van der Waals surface area contributed by atoms with Crippen molar-refractivity contribution in [2.45, 2.75) is 37.6 Å².